The van der Waals surface area contributed by atoms with Gasteiger partial charge in [-0.25, -0.2) is 0 Å². The molecule has 0 aromatic heterocycles. The Bertz CT molecular complexity index is 145. The van der Waals surface area contributed by atoms with Gasteiger partial charge in [0.25, 0.3) is 0 Å². The van der Waals surface area contributed by atoms with Gasteiger partial charge in [-0.05, 0) is 33.1 Å². The highest BCUT2D eigenvalue weighted by Gasteiger charge is 2.16. The lowest BCUT2D eigenvalue weighted by atomic mass is 10.1. The molecule has 1 heterocycles. The molecule has 0 spiro atoms. The molecule has 1 saturated heterocycles. The first-order chi connectivity index (χ1) is 6.76. The van der Waals surface area contributed by atoms with Gasteiger partial charge in [-0.2, -0.15) is 0 Å². The number of nitrogens with one attached hydrogen (secondary N) is 1. The summed E-state index contributed by atoms with van der Waals surface area (Å²) >= 11 is 0. The average Bonchev–Trinajstić information content (AvgIpc) is 2.19. The second kappa shape index (κ2) is 6.38. The van der Waals surface area contributed by atoms with Gasteiger partial charge in [0.05, 0.1) is 0 Å². The molecule has 1 N–H and O–H groups in total. The first-order valence-electron chi connectivity index (χ1n) is 5.90. The smallest absolute Gasteiger partial charge is 0.0207 e. The molecule has 1 aliphatic heterocycles. The summed E-state index contributed by atoms with van der Waals surface area (Å²) < 4.78 is 0. The van der Waals surface area contributed by atoms with Crippen molar-refractivity contribution < 1.29 is 0 Å². The van der Waals surface area contributed by atoms with Crippen LogP contribution in [0.4, 0.5) is 0 Å². The quantitative estimate of drug-likeness (QED) is 0.700. The second-order valence-electron chi connectivity index (χ2n) is 4.23. The predicted octanol–water partition coefficient (Wildman–Crippen LogP) is 0.622. The Kier molecular flexibility index (Phi) is 5.45. The zero-order valence-electron chi connectivity index (χ0n) is 9.92. The number of hydrogen-bond donors (Lipinski definition) is 1. The number of hydrogen-bond acceptors (Lipinski definition) is 3. The van der Waals surface area contributed by atoms with Crippen molar-refractivity contribution in [3.63, 3.8) is 0 Å². The molecule has 1 unspecified atom stereocenters. The fraction of sp³-hybridized carbons (Fsp3) is 1.00. The lowest BCUT2D eigenvalue weighted by Gasteiger charge is -2.32. The topological polar surface area (TPSA) is 18.5 Å². The fourth-order valence-electron chi connectivity index (χ4n) is 2.06. The largest absolute Gasteiger partial charge is 0.311 e. The molecule has 0 aromatic rings. The molecular formula is C11H25N3. The summed E-state index contributed by atoms with van der Waals surface area (Å²) in [5, 5.41) is 3.58. The Hall–Kier alpha value is -0.120. The molecule has 84 valence electrons. The Morgan fingerprint density at radius 2 is 2.07 bits per heavy atom. The third kappa shape index (κ3) is 3.95. The number of nitrogens with zero attached hydrogens (tertiary/aromatic N) is 2. The van der Waals surface area contributed by atoms with Crippen LogP contribution in [0, 0.1) is 0 Å². The van der Waals surface area contributed by atoms with E-state index >= 15 is 0 Å². The highest BCUT2D eigenvalue weighted by Crippen LogP contribution is 2.02. The minimum absolute atomic E-state index is 0.703. The third-order valence-corrected chi connectivity index (χ3v) is 3.15. The van der Waals surface area contributed by atoms with Crippen molar-refractivity contribution in [3.8, 4) is 0 Å². The van der Waals surface area contributed by atoms with Crippen LogP contribution in [-0.2, 0) is 0 Å². The summed E-state index contributed by atoms with van der Waals surface area (Å²) in [6.07, 6.45) is 1.28. The molecule has 0 aromatic carbocycles. The van der Waals surface area contributed by atoms with Gasteiger partial charge in [0.15, 0.2) is 0 Å². The van der Waals surface area contributed by atoms with E-state index < -0.39 is 0 Å². The molecule has 1 atom stereocenters. The zero-order valence-corrected chi connectivity index (χ0v) is 9.92. The zero-order chi connectivity index (χ0) is 10.4. The molecule has 3 nitrogen and oxygen atoms in total. The number of piperazine rings is 1. The first kappa shape index (κ1) is 12.0. The predicted molar refractivity (Wildman–Crippen MR) is 61.7 cm³/mol. The van der Waals surface area contributed by atoms with Gasteiger partial charge in [-0.3, -0.25) is 0 Å². The second-order valence-corrected chi connectivity index (χ2v) is 4.23. The fourth-order valence-corrected chi connectivity index (χ4v) is 2.06. The summed E-state index contributed by atoms with van der Waals surface area (Å²) in [4.78, 5) is 4.92. The molecule has 0 bridgehead atoms. The van der Waals surface area contributed by atoms with Crippen LogP contribution in [-0.4, -0.2) is 62.2 Å². The van der Waals surface area contributed by atoms with Gasteiger partial charge in [0.1, 0.15) is 0 Å². The lowest BCUT2D eigenvalue weighted by Crippen LogP contribution is -2.50. The number of likely N-dealkylation sites (N-methyl/N-ethyl adjacent to an activating group) is 1. The van der Waals surface area contributed by atoms with E-state index in [9.17, 15) is 0 Å². The minimum atomic E-state index is 0.703. The van der Waals surface area contributed by atoms with Crippen molar-refractivity contribution in [1.82, 2.24) is 15.1 Å². The number of rotatable bonds is 5. The van der Waals surface area contributed by atoms with Crippen molar-refractivity contribution in [1.29, 1.82) is 0 Å². The normalized spacial score (nSPS) is 24.4. The van der Waals surface area contributed by atoms with Crippen LogP contribution >= 0.6 is 0 Å². The van der Waals surface area contributed by atoms with E-state index in [4.69, 9.17) is 0 Å². The monoisotopic (exact) mass is 199 g/mol. The molecule has 0 amide bonds. The molecule has 0 radical (unpaired) electrons. The van der Waals surface area contributed by atoms with Crippen LogP contribution in [0.5, 0.6) is 0 Å². The van der Waals surface area contributed by atoms with Crippen molar-refractivity contribution in [2.24, 2.45) is 0 Å². The summed E-state index contributed by atoms with van der Waals surface area (Å²) in [5.74, 6) is 0. The van der Waals surface area contributed by atoms with E-state index in [2.05, 4.69) is 36.0 Å². The Morgan fingerprint density at radius 3 is 2.64 bits per heavy atom. The van der Waals surface area contributed by atoms with Gasteiger partial charge in [-0.15, -0.1) is 0 Å². The lowest BCUT2D eigenvalue weighted by molar-refractivity contribution is 0.209. The van der Waals surface area contributed by atoms with Crippen molar-refractivity contribution >= 4 is 0 Å². The van der Waals surface area contributed by atoms with E-state index in [1.807, 2.05) is 0 Å². The van der Waals surface area contributed by atoms with E-state index in [-0.39, 0.29) is 0 Å². The maximum Gasteiger partial charge on any atom is 0.0207 e. The van der Waals surface area contributed by atoms with Crippen molar-refractivity contribution in [3.05, 3.63) is 0 Å². The van der Waals surface area contributed by atoms with E-state index in [1.54, 1.807) is 0 Å². The summed E-state index contributed by atoms with van der Waals surface area (Å²) in [5.41, 5.74) is 0. The van der Waals surface area contributed by atoms with Gasteiger partial charge in [0, 0.05) is 25.7 Å². The molecular weight excluding hydrogens is 174 g/mol. The average molecular weight is 199 g/mol. The van der Waals surface area contributed by atoms with Gasteiger partial charge in [0.2, 0.25) is 0 Å². The SMILES string of the molecule is CCN(CC)CCC1CN(C)CCN1. The first-order valence-corrected chi connectivity index (χ1v) is 5.90. The Labute approximate surface area is 88.5 Å². The minimum Gasteiger partial charge on any atom is -0.311 e. The summed E-state index contributed by atoms with van der Waals surface area (Å²) in [7, 11) is 2.21. The maximum atomic E-state index is 3.58. The van der Waals surface area contributed by atoms with Crippen LogP contribution in [0.25, 0.3) is 0 Å². The van der Waals surface area contributed by atoms with E-state index in [1.165, 1.54) is 39.1 Å². The van der Waals surface area contributed by atoms with E-state index in [0.717, 1.165) is 6.54 Å². The van der Waals surface area contributed by atoms with Crippen molar-refractivity contribution in [2.45, 2.75) is 26.3 Å². The maximum absolute atomic E-state index is 3.58. The van der Waals surface area contributed by atoms with E-state index in [0.29, 0.717) is 6.04 Å². The summed E-state index contributed by atoms with van der Waals surface area (Å²) in [6.45, 7) is 11.6. The Morgan fingerprint density at radius 1 is 1.36 bits per heavy atom. The van der Waals surface area contributed by atoms with Crippen LogP contribution in [0.1, 0.15) is 20.3 Å². The molecule has 1 aliphatic rings. The van der Waals surface area contributed by atoms with Crippen LogP contribution < -0.4 is 5.32 Å². The van der Waals surface area contributed by atoms with Crippen LogP contribution in [0.2, 0.25) is 0 Å². The van der Waals surface area contributed by atoms with Crippen LogP contribution in [0.15, 0.2) is 0 Å². The molecule has 1 fully saturated rings. The molecule has 3 heteroatoms. The van der Waals surface area contributed by atoms with Gasteiger partial charge in [-0.1, -0.05) is 13.8 Å². The summed E-state index contributed by atoms with van der Waals surface area (Å²) in [6, 6.07) is 0.703. The standard InChI is InChI=1S/C11H25N3/c1-4-14(5-2)8-6-11-10-13(3)9-7-12-11/h11-12H,4-10H2,1-3H3. The van der Waals surface area contributed by atoms with Crippen LogP contribution in [0.3, 0.4) is 0 Å². The molecule has 0 aliphatic carbocycles. The van der Waals surface area contributed by atoms with Crippen molar-refractivity contribution in [2.75, 3.05) is 46.3 Å². The molecule has 14 heavy (non-hydrogen) atoms. The van der Waals surface area contributed by atoms with Gasteiger partial charge < -0.3 is 15.1 Å². The Balaban J connectivity index is 2.16. The highest BCUT2D eigenvalue weighted by atomic mass is 15.2. The molecule has 1 rings (SSSR count). The molecule has 0 saturated carbocycles. The third-order valence-electron chi connectivity index (χ3n) is 3.15. The van der Waals surface area contributed by atoms with Gasteiger partial charge >= 0.3 is 0 Å². The highest BCUT2D eigenvalue weighted by molar-refractivity contribution is 4.77.